The number of rotatable bonds is 2. The van der Waals surface area contributed by atoms with E-state index in [2.05, 4.69) is 0 Å². The lowest BCUT2D eigenvalue weighted by atomic mass is 10.1. The molecular weight excluding hydrogens is 142 g/mol. The predicted octanol–water partition coefficient (Wildman–Crippen LogP) is 0.602. The topological polar surface area (TPSA) is 61.1 Å². The lowest BCUT2D eigenvalue weighted by molar-refractivity contribution is 0.0989. The number of benzene rings is 1. The Hall–Kier alpha value is -1.35. The molecule has 0 unspecified atom stereocenters. The van der Waals surface area contributed by atoms with Gasteiger partial charge in [-0.25, -0.2) is 0 Å². The quantitative estimate of drug-likeness (QED) is 0.671. The molecular formula is C8H8NO2. The van der Waals surface area contributed by atoms with Crippen LogP contribution in [0.5, 0.6) is 0 Å². The van der Waals surface area contributed by atoms with Gasteiger partial charge in [-0.2, -0.15) is 0 Å². The van der Waals surface area contributed by atoms with E-state index >= 15 is 0 Å². The summed E-state index contributed by atoms with van der Waals surface area (Å²) in [6.07, 6.45) is 0. The maximum Gasteiger partial charge on any atom is 0.270 e. The number of amides is 1. The Morgan fingerprint density at radius 1 is 1.45 bits per heavy atom. The standard InChI is InChI=1S/C8H8NO2/c9-8(11)7-4-2-1-3-6(7)5-10/h1-4,9-10H,5H2. The molecule has 0 aromatic heterocycles. The summed E-state index contributed by atoms with van der Waals surface area (Å²) in [5, 5.41) is 8.73. The minimum atomic E-state index is -0.755. The number of carbonyl (C=O) groups is 1. The van der Waals surface area contributed by atoms with Gasteiger partial charge >= 0.3 is 0 Å². The summed E-state index contributed by atoms with van der Waals surface area (Å²) in [5.41, 5.74) is 7.59. The second-order valence-corrected chi connectivity index (χ2v) is 2.14. The van der Waals surface area contributed by atoms with Gasteiger partial charge in [-0.1, -0.05) is 18.2 Å². The van der Waals surface area contributed by atoms with Crippen molar-refractivity contribution in [3.8, 4) is 0 Å². The van der Waals surface area contributed by atoms with Crippen LogP contribution in [0.25, 0.3) is 0 Å². The third-order valence-electron chi connectivity index (χ3n) is 1.43. The molecule has 0 aliphatic rings. The van der Waals surface area contributed by atoms with Gasteiger partial charge in [0, 0.05) is 5.56 Å². The maximum absolute atomic E-state index is 10.6. The molecule has 57 valence electrons. The monoisotopic (exact) mass is 150 g/mol. The second kappa shape index (κ2) is 3.16. The van der Waals surface area contributed by atoms with E-state index in [-0.39, 0.29) is 12.2 Å². The van der Waals surface area contributed by atoms with Crippen LogP contribution in [0.2, 0.25) is 0 Å². The molecule has 2 N–H and O–H groups in total. The lowest BCUT2D eigenvalue weighted by Crippen LogP contribution is -2.03. The van der Waals surface area contributed by atoms with Gasteiger partial charge < -0.3 is 5.11 Å². The third kappa shape index (κ3) is 1.56. The van der Waals surface area contributed by atoms with Crippen molar-refractivity contribution in [1.29, 1.82) is 0 Å². The van der Waals surface area contributed by atoms with Crippen molar-refractivity contribution < 1.29 is 9.90 Å². The van der Waals surface area contributed by atoms with Crippen molar-refractivity contribution >= 4 is 5.91 Å². The van der Waals surface area contributed by atoms with Crippen LogP contribution >= 0.6 is 0 Å². The van der Waals surface area contributed by atoms with Gasteiger partial charge in [0.15, 0.2) is 0 Å². The van der Waals surface area contributed by atoms with Gasteiger partial charge in [0.25, 0.3) is 5.91 Å². The van der Waals surface area contributed by atoms with E-state index in [1.165, 1.54) is 6.07 Å². The molecule has 11 heavy (non-hydrogen) atoms. The number of hydrogen-bond acceptors (Lipinski definition) is 2. The lowest BCUT2D eigenvalue weighted by Gasteiger charge is -2.00. The molecule has 0 aliphatic carbocycles. The fraction of sp³-hybridized carbons (Fsp3) is 0.125. The molecule has 1 aromatic rings. The average Bonchev–Trinajstić information content (AvgIpc) is 2.04. The fourth-order valence-corrected chi connectivity index (χ4v) is 0.880. The van der Waals surface area contributed by atoms with Crippen molar-refractivity contribution in [2.24, 2.45) is 0 Å². The van der Waals surface area contributed by atoms with Crippen LogP contribution < -0.4 is 5.73 Å². The van der Waals surface area contributed by atoms with Crippen LogP contribution in [0.4, 0.5) is 0 Å². The number of carbonyl (C=O) groups excluding carboxylic acids is 1. The highest BCUT2D eigenvalue weighted by Crippen LogP contribution is 2.07. The number of aliphatic hydroxyl groups is 1. The zero-order chi connectivity index (χ0) is 8.27. The largest absolute Gasteiger partial charge is 0.392 e. The van der Waals surface area contributed by atoms with E-state index in [4.69, 9.17) is 10.8 Å². The number of hydrogen-bond donors (Lipinski definition) is 1. The first-order valence-electron chi connectivity index (χ1n) is 3.20. The minimum absolute atomic E-state index is 0.194. The Morgan fingerprint density at radius 3 is 2.55 bits per heavy atom. The molecule has 1 aromatic carbocycles. The highest BCUT2D eigenvalue weighted by Gasteiger charge is 2.05. The summed E-state index contributed by atoms with van der Waals surface area (Å²) in [7, 11) is 0. The Balaban J connectivity index is 3.12. The molecule has 0 spiro atoms. The molecule has 0 atom stereocenters. The molecule has 1 amide bonds. The first-order valence-corrected chi connectivity index (χ1v) is 3.20. The van der Waals surface area contributed by atoms with E-state index in [9.17, 15) is 4.79 Å². The molecule has 0 saturated heterocycles. The van der Waals surface area contributed by atoms with Gasteiger partial charge in [0.05, 0.1) is 6.61 Å². The van der Waals surface area contributed by atoms with Crippen molar-refractivity contribution in [2.45, 2.75) is 6.61 Å². The normalized spacial score (nSPS) is 9.55. The average molecular weight is 150 g/mol. The maximum atomic E-state index is 10.6. The van der Waals surface area contributed by atoms with Crippen LogP contribution in [0.3, 0.4) is 0 Å². The van der Waals surface area contributed by atoms with E-state index in [1.54, 1.807) is 18.2 Å². The van der Waals surface area contributed by atoms with Crippen LogP contribution in [0, 0.1) is 0 Å². The smallest absolute Gasteiger partial charge is 0.270 e. The molecule has 0 fully saturated rings. The Bertz CT molecular complexity index is 271. The zero-order valence-corrected chi connectivity index (χ0v) is 5.87. The highest BCUT2D eigenvalue weighted by molar-refractivity contribution is 5.93. The van der Waals surface area contributed by atoms with E-state index in [1.807, 2.05) is 0 Å². The van der Waals surface area contributed by atoms with Crippen LogP contribution in [-0.2, 0) is 6.61 Å². The summed E-state index contributed by atoms with van der Waals surface area (Å²) in [6, 6.07) is 6.54. The van der Waals surface area contributed by atoms with Crippen molar-refractivity contribution in [2.75, 3.05) is 0 Å². The Kier molecular flexibility index (Phi) is 2.23. The van der Waals surface area contributed by atoms with E-state index in [0.29, 0.717) is 5.56 Å². The first kappa shape index (κ1) is 7.75. The zero-order valence-electron chi connectivity index (χ0n) is 5.87. The van der Waals surface area contributed by atoms with Crippen molar-refractivity contribution in [3.05, 3.63) is 35.4 Å². The van der Waals surface area contributed by atoms with Gasteiger partial charge in [-0.05, 0) is 11.6 Å². The molecule has 1 rings (SSSR count). The van der Waals surface area contributed by atoms with Crippen LogP contribution in [-0.4, -0.2) is 11.0 Å². The molecule has 1 radical (unpaired) electrons. The molecule has 0 heterocycles. The first-order chi connectivity index (χ1) is 5.25. The molecule has 3 heteroatoms. The van der Waals surface area contributed by atoms with Gasteiger partial charge in [0.1, 0.15) is 0 Å². The van der Waals surface area contributed by atoms with E-state index < -0.39 is 5.91 Å². The summed E-state index contributed by atoms with van der Waals surface area (Å²) >= 11 is 0. The Morgan fingerprint density at radius 2 is 2.09 bits per heavy atom. The van der Waals surface area contributed by atoms with Crippen LogP contribution in [0.15, 0.2) is 24.3 Å². The van der Waals surface area contributed by atoms with Gasteiger partial charge in [0.2, 0.25) is 0 Å². The van der Waals surface area contributed by atoms with Crippen molar-refractivity contribution in [1.82, 2.24) is 5.73 Å². The van der Waals surface area contributed by atoms with E-state index in [0.717, 1.165) is 0 Å². The summed E-state index contributed by atoms with van der Waals surface area (Å²) in [4.78, 5) is 10.6. The summed E-state index contributed by atoms with van der Waals surface area (Å²) in [5.74, 6) is -0.755. The van der Waals surface area contributed by atoms with Crippen molar-refractivity contribution in [3.63, 3.8) is 0 Å². The fourth-order valence-electron chi connectivity index (χ4n) is 0.880. The highest BCUT2D eigenvalue weighted by atomic mass is 16.3. The van der Waals surface area contributed by atoms with Crippen LogP contribution in [0.1, 0.15) is 15.9 Å². The molecule has 0 bridgehead atoms. The molecule has 0 aliphatic heterocycles. The van der Waals surface area contributed by atoms with Gasteiger partial charge in [-0.3, -0.25) is 10.5 Å². The van der Waals surface area contributed by atoms with Gasteiger partial charge in [-0.15, -0.1) is 0 Å². The second-order valence-electron chi connectivity index (χ2n) is 2.14. The third-order valence-corrected chi connectivity index (χ3v) is 1.43. The SMILES string of the molecule is [NH]C(=O)c1ccccc1CO. The minimum Gasteiger partial charge on any atom is -0.392 e. The molecule has 3 nitrogen and oxygen atoms in total. The summed E-state index contributed by atoms with van der Waals surface area (Å²) in [6.45, 7) is -0.194. The number of nitrogens with one attached hydrogen (secondary N) is 1. The Labute approximate surface area is 64.5 Å². The summed E-state index contributed by atoms with van der Waals surface area (Å²) < 4.78 is 0. The molecule has 0 saturated carbocycles. The predicted molar refractivity (Wildman–Crippen MR) is 39.8 cm³/mol. The number of aliphatic hydroxyl groups excluding tert-OH is 1.